The minimum atomic E-state index is -2.08. The van der Waals surface area contributed by atoms with Crippen LogP contribution >= 0.6 is 0 Å². The number of benzene rings is 2. The Kier molecular flexibility index (Phi) is 16.0. The number of rotatable bonds is 19. The average molecular weight is 673 g/mol. The van der Waals surface area contributed by atoms with E-state index in [1.807, 2.05) is 68.5 Å². The monoisotopic (exact) mass is 672 g/mol. The Morgan fingerprint density at radius 1 is 0.938 bits per heavy atom. The second-order valence-corrected chi connectivity index (χ2v) is 12.6. The van der Waals surface area contributed by atoms with E-state index in [9.17, 15) is 15.0 Å². The van der Waals surface area contributed by atoms with Crippen molar-refractivity contribution in [2.24, 2.45) is 17.8 Å². The minimum absolute atomic E-state index is 0.0423. The maximum absolute atomic E-state index is 12.4. The van der Waals surface area contributed by atoms with E-state index in [-0.39, 0.29) is 24.2 Å². The van der Waals surface area contributed by atoms with E-state index >= 15 is 0 Å². The van der Waals surface area contributed by atoms with E-state index in [0.29, 0.717) is 6.61 Å². The molecule has 10 heteroatoms. The van der Waals surface area contributed by atoms with Crippen molar-refractivity contribution < 1.29 is 48.2 Å². The van der Waals surface area contributed by atoms with Gasteiger partial charge >= 0.3 is 5.97 Å². The first-order valence-electron chi connectivity index (χ1n) is 16.8. The Bertz CT molecular complexity index is 1240. The number of methoxy groups -OCH3 is 5. The number of aliphatic hydroxyl groups excluding tert-OH is 1. The van der Waals surface area contributed by atoms with Crippen LogP contribution in [-0.4, -0.2) is 88.0 Å². The van der Waals surface area contributed by atoms with Crippen LogP contribution in [0.3, 0.4) is 0 Å². The summed E-state index contributed by atoms with van der Waals surface area (Å²) in [6.07, 6.45) is 3.95. The number of hydrogen-bond donors (Lipinski definition) is 2. The van der Waals surface area contributed by atoms with E-state index < -0.39 is 41.9 Å². The molecule has 268 valence electrons. The summed E-state index contributed by atoms with van der Waals surface area (Å²) in [7, 11) is 7.59. The zero-order valence-electron chi connectivity index (χ0n) is 29.7. The van der Waals surface area contributed by atoms with Crippen molar-refractivity contribution in [3.8, 4) is 5.75 Å². The first-order chi connectivity index (χ1) is 23.0. The molecule has 0 unspecified atom stereocenters. The van der Waals surface area contributed by atoms with Gasteiger partial charge in [-0.2, -0.15) is 0 Å². The molecule has 1 aliphatic heterocycles. The molecule has 2 aromatic carbocycles. The van der Waals surface area contributed by atoms with E-state index in [0.717, 1.165) is 42.6 Å². The number of ether oxygens (including phenoxy) is 7. The summed E-state index contributed by atoms with van der Waals surface area (Å²) < 4.78 is 39.8. The number of unbranched alkanes of at least 4 members (excludes halogenated alkanes) is 1. The molecule has 10 atom stereocenters. The van der Waals surface area contributed by atoms with Crippen molar-refractivity contribution in [1.29, 1.82) is 0 Å². The summed E-state index contributed by atoms with van der Waals surface area (Å²) >= 11 is 0. The number of esters is 1. The van der Waals surface area contributed by atoms with Crippen molar-refractivity contribution in [3.63, 3.8) is 0 Å². The lowest BCUT2D eigenvalue weighted by Crippen LogP contribution is -2.66. The molecular weight excluding hydrogens is 616 g/mol. The molecule has 10 nitrogen and oxygen atoms in total. The van der Waals surface area contributed by atoms with E-state index in [2.05, 4.69) is 12.1 Å². The predicted octanol–water partition coefficient (Wildman–Crippen LogP) is 5.64. The highest BCUT2D eigenvalue weighted by molar-refractivity contribution is 5.73. The van der Waals surface area contributed by atoms with Gasteiger partial charge in [0.05, 0.1) is 45.2 Å². The molecule has 0 bridgehead atoms. The Balaban J connectivity index is 1.61. The number of hydrogen-bond acceptors (Lipinski definition) is 10. The van der Waals surface area contributed by atoms with Crippen LogP contribution in [-0.2, 0) is 39.8 Å². The van der Waals surface area contributed by atoms with Gasteiger partial charge in [0.15, 0.2) is 0 Å². The molecule has 2 aromatic rings. The van der Waals surface area contributed by atoms with E-state index in [1.54, 1.807) is 21.3 Å². The van der Waals surface area contributed by atoms with Crippen molar-refractivity contribution >= 4 is 5.97 Å². The molecule has 1 fully saturated rings. The highest BCUT2D eigenvalue weighted by atomic mass is 16.7. The van der Waals surface area contributed by atoms with Crippen LogP contribution in [0.5, 0.6) is 5.75 Å². The quantitative estimate of drug-likeness (QED) is 0.110. The third-order valence-electron chi connectivity index (χ3n) is 9.58. The van der Waals surface area contributed by atoms with Gasteiger partial charge in [-0.1, -0.05) is 81.3 Å². The zero-order valence-corrected chi connectivity index (χ0v) is 29.7. The fourth-order valence-electron chi connectivity index (χ4n) is 6.47. The van der Waals surface area contributed by atoms with Gasteiger partial charge in [0.1, 0.15) is 23.9 Å². The van der Waals surface area contributed by atoms with E-state index in [4.69, 9.17) is 33.2 Å². The van der Waals surface area contributed by atoms with Crippen molar-refractivity contribution in [2.45, 2.75) is 95.5 Å². The molecular formula is C38H56O10. The standard InChI is InChI=1S/C38H56O10/c1-25(35-26(2)34(39)36(45-7)38(41,48-35)27(3)37(40)46-8)18-23-33(44-6)32(43-5)17-13-12-16-31(29-14-10-9-11-15-29)47-24-28-19-21-30(42-4)22-20-28/h9-11,14-15,18-23,25-27,31-36,39,41H,12-13,16-17,24H2,1-8H3/b23-18+/t25-,26-,27+,31-,32-,33+,34-,35-,36+,38+/m0/s1. The van der Waals surface area contributed by atoms with Crippen LogP contribution in [0, 0.1) is 17.8 Å². The molecule has 0 radical (unpaired) electrons. The topological polar surface area (TPSA) is 122 Å². The molecule has 48 heavy (non-hydrogen) atoms. The van der Waals surface area contributed by atoms with Crippen LogP contribution in [0.25, 0.3) is 0 Å². The third kappa shape index (κ3) is 10.1. The lowest BCUT2D eigenvalue weighted by atomic mass is 9.78. The summed E-state index contributed by atoms with van der Waals surface area (Å²) in [6, 6.07) is 18.2. The lowest BCUT2D eigenvalue weighted by Gasteiger charge is -2.50. The summed E-state index contributed by atoms with van der Waals surface area (Å²) in [5, 5.41) is 22.6. The van der Waals surface area contributed by atoms with Crippen LogP contribution < -0.4 is 4.74 Å². The molecule has 2 N–H and O–H groups in total. The van der Waals surface area contributed by atoms with Crippen LogP contribution in [0.4, 0.5) is 0 Å². The molecule has 0 saturated carbocycles. The summed E-state index contributed by atoms with van der Waals surface area (Å²) in [5.74, 6) is -3.67. The first-order valence-corrected chi connectivity index (χ1v) is 16.8. The highest BCUT2D eigenvalue weighted by Crippen LogP contribution is 2.41. The van der Waals surface area contributed by atoms with Crippen LogP contribution in [0.15, 0.2) is 66.7 Å². The molecule has 0 aromatic heterocycles. The molecule has 3 rings (SSSR count). The smallest absolute Gasteiger partial charge is 0.313 e. The SMILES string of the molecule is COC(=O)[C@@H](C)[C@@]1(O)O[C@@H]([C@@H](C)/C=C/[C@@H](OC)[C@H](CCCC[C@H](OCc2ccc(OC)cc2)c2ccccc2)OC)[C@@H](C)[C@H](O)[C@H]1OC. The Labute approximate surface area is 286 Å². The number of carbonyl (C=O) groups is 1. The second kappa shape index (κ2) is 19.4. The van der Waals surface area contributed by atoms with Crippen molar-refractivity contribution in [3.05, 3.63) is 77.9 Å². The first kappa shape index (κ1) is 39.6. The summed E-state index contributed by atoms with van der Waals surface area (Å²) in [6.45, 7) is 5.77. The Morgan fingerprint density at radius 3 is 2.19 bits per heavy atom. The van der Waals surface area contributed by atoms with Gasteiger partial charge in [-0.05, 0) is 43.0 Å². The van der Waals surface area contributed by atoms with Gasteiger partial charge in [-0.15, -0.1) is 0 Å². The fraction of sp³-hybridized carbons (Fsp3) is 0.605. The second-order valence-electron chi connectivity index (χ2n) is 12.6. The van der Waals surface area contributed by atoms with Crippen LogP contribution in [0.2, 0.25) is 0 Å². The average Bonchev–Trinajstić information content (AvgIpc) is 3.11. The van der Waals surface area contributed by atoms with Gasteiger partial charge in [0.2, 0.25) is 5.79 Å². The van der Waals surface area contributed by atoms with E-state index in [1.165, 1.54) is 21.1 Å². The molecule has 1 aliphatic rings. The maximum atomic E-state index is 12.4. The molecule has 0 amide bonds. The largest absolute Gasteiger partial charge is 0.497 e. The van der Waals surface area contributed by atoms with Crippen molar-refractivity contribution in [2.75, 3.05) is 35.5 Å². The number of aliphatic hydroxyl groups is 2. The normalized spacial score (nSPS) is 26.0. The minimum Gasteiger partial charge on any atom is -0.497 e. The zero-order chi connectivity index (χ0) is 35.3. The Hall–Kier alpha value is -2.83. The van der Waals surface area contributed by atoms with Gasteiger partial charge in [0, 0.05) is 33.2 Å². The third-order valence-corrected chi connectivity index (χ3v) is 9.58. The number of carbonyl (C=O) groups excluding carboxylic acids is 1. The molecule has 1 saturated heterocycles. The summed E-state index contributed by atoms with van der Waals surface area (Å²) in [4.78, 5) is 12.4. The van der Waals surface area contributed by atoms with Gasteiger partial charge < -0.3 is 43.4 Å². The fourth-order valence-corrected chi connectivity index (χ4v) is 6.47. The van der Waals surface area contributed by atoms with Gasteiger partial charge in [-0.25, -0.2) is 0 Å². The van der Waals surface area contributed by atoms with Crippen LogP contribution in [0.1, 0.15) is 63.7 Å². The van der Waals surface area contributed by atoms with Crippen molar-refractivity contribution in [1.82, 2.24) is 0 Å². The molecule has 1 heterocycles. The molecule has 0 aliphatic carbocycles. The Morgan fingerprint density at radius 2 is 1.60 bits per heavy atom. The molecule has 0 spiro atoms. The highest BCUT2D eigenvalue weighted by Gasteiger charge is 2.58. The lowest BCUT2D eigenvalue weighted by molar-refractivity contribution is -0.359. The summed E-state index contributed by atoms with van der Waals surface area (Å²) in [5.41, 5.74) is 2.23. The van der Waals surface area contributed by atoms with Gasteiger partial charge in [0.25, 0.3) is 0 Å². The maximum Gasteiger partial charge on any atom is 0.313 e. The van der Waals surface area contributed by atoms with Gasteiger partial charge in [-0.3, -0.25) is 4.79 Å². The predicted molar refractivity (Wildman–Crippen MR) is 182 cm³/mol.